The van der Waals surface area contributed by atoms with E-state index in [1.807, 2.05) is 24.3 Å². The summed E-state index contributed by atoms with van der Waals surface area (Å²) in [5.41, 5.74) is 6.89. The van der Waals surface area contributed by atoms with Gasteiger partial charge in [-0.15, -0.1) is 0 Å². The van der Waals surface area contributed by atoms with Gasteiger partial charge in [0.2, 0.25) is 0 Å². The quantitative estimate of drug-likeness (QED) is 0.279. The molecule has 1 aliphatic rings. The van der Waals surface area contributed by atoms with Gasteiger partial charge in [0.1, 0.15) is 17.7 Å². The first-order valence-electron chi connectivity index (χ1n) is 13.4. The Hall–Kier alpha value is -4.06. The molecule has 216 valence electrons. The van der Waals surface area contributed by atoms with Gasteiger partial charge >= 0.3 is 0 Å². The van der Waals surface area contributed by atoms with Gasteiger partial charge in [-0.2, -0.15) is 9.89 Å². The van der Waals surface area contributed by atoms with Crippen LogP contribution in [-0.4, -0.2) is 81.3 Å². The van der Waals surface area contributed by atoms with Crippen LogP contribution < -0.4 is 15.6 Å². The summed E-state index contributed by atoms with van der Waals surface area (Å²) in [6.45, 7) is 4.53. The molecule has 0 saturated carbocycles. The van der Waals surface area contributed by atoms with Gasteiger partial charge in [0.25, 0.3) is 5.91 Å². The number of ether oxygens (including phenoxy) is 2. The van der Waals surface area contributed by atoms with E-state index in [2.05, 4.69) is 32.7 Å². The summed E-state index contributed by atoms with van der Waals surface area (Å²) in [4.78, 5) is 19.6. The number of halogens is 2. The third-order valence-electron chi connectivity index (χ3n) is 7.25. The molecule has 1 aliphatic heterocycles. The van der Waals surface area contributed by atoms with Crippen LogP contribution in [0.15, 0.2) is 60.8 Å². The molecule has 1 atom stereocenters. The Balaban J connectivity index is 1.42. The van der Waals surface area contributed by atoms with E-state index in [1.54, 1.807) is 25.4 Å². The van der Waals surface area contributed by atoms with Gasteiger partial charge in [-0.05, 0) is 54.6 Å². The number of rotatable bonds is 10. The van der Waals surface area contributed by atoms with Gasteiger partial charge in [0, 0.05) is 58.4 Å². The Labute approximate surface area is 237 Å². The maximum absolute atomic E-state index is 13.9. The van der Waals surface area contributed by atoms with Gasteiger partial charge in [-0.1, -0.05) is 12.1 Å². The summed E-state index contributed by atoms with van der Waals surface area (Å²) in [6, 6.07) is 14.4. The summed E-state index contributed by atoms with van der Waals surface area (Å²) in [7, 11) is 5.23. The number of benzene rings is 3. The number of hydrogen-bond donors (Lipinski definition) is 2. The summed E-state index contributed by atoms with van der Waals surface area (Å²) in [5.74, 6) is -1.64. The average molecular weight is 565 g/mol. The molecule has 11 heteroatoms. The maximum atomic E-state index is 13.9. The Morgan fingerprint density at radius 1 is 1.00 bits per heavy atom. The van der Waals surface area contributed by atoms with Gasteiger partial charge in [-0.3, -0.25) is 4.79 Å². The van der Waals surface area contributed by atoms with Crippen LogP contribution in [0.3, 0.4) is 0 Å². The fraction of sp³-hybridized carbons (Fsp3) is 0.333. The third kappa shape index (κ3) is 6.32. The first-order valence-corrected chi connectivity index (χ1v) is 13.4. The summed E-state index contributed by atoms with van der Waals surface area (Å²) in [6.07, 6.45) is 0.948. The number of para-hydroxylation sites is 1. The topological polar surface area (TPSA) is 83.9 Å². The molecule has 1 fully saturated rings. The number of carbonyl (C=O) groups excluding carboxylic acids is 1. The molecular formula is C30H34F2N6O3. The smallest absolute Gasteiger partial charge is 0.273 e. The normalized spacial score (nSPS) is 14.8. The van der Waals surface area contributed by atoms with Crippen LogP contribution in [0.25, 0.3) is 10.9 Å². The monoisotopic (exact) mass is 564 g/mol. The van der Waals surface area contributed by atoms with Crippen molar-refractivity contribution < 1.29 is 23.0 Å². The summed E-state index contributed by atoms with van der Waals surface area (Å²) >= 11 is 0. The van der Waals surface area contributed by atoms with E-state index in [4.69, 9.17) is 9.47 Å². The number of aromatic nitrogens is 2. The molecule has 4 aromatic rings. The van der Waals surface area contributed by atoms with Crippen LogP contribution >= 0.6 is 0 Å². The van der Waals surface area contributed by atoms with E-state index in [0.29, 0.717) is 35.4 Å². The number of carbonyl (C=O) groups is 1. The zero-order valence-electron chi connectivity index (χ0n) is 23.4. The highest BCUT2D eigenvalue weighted by Gasteiger charge is 2.24. The Morgan fingerprint density at radius 3 is 2.46 bits per heavy atom. The number of hydrogen-bond acceptors (Lipinski definition) is 7. The van der Waals surface area contributed by atoms with Crippen molar-refractivity contribution in [1.29, 1.82) is 0 Å². The molecule has 0 bridgehead atoms. The SMILES string of the molecule is COCCNc1cccc(C(=O)Nn2ncc3cc(C(OC)c4cc(F)cc(F)c4)ccc32)c1N1CCN(C)CC1. The molecule has 0 aliphatic carbocycles. The molecule has 41 heavy (non-hydrogen) atoms. The lowest BCUT2D eigenvalue weighted by molar-refractivity contribution is 0.101. The molecular weight excluding hydrogens is 530 g/mol. The summed E-state index contributed by atoms with van der Waals surface area (Å²) in [5, 5.41) is 8.53. The number of anilines is 2. The highest BCUT2D eigenvalue weighted by atomic mass is 19.1. The molecule has 0 spiro atoms. The lowest BCUT2D eigenvalue weighted by atomic mass is 10.00. The molecule has 0 radical (unpaired) electrons. The first kappa shape index (κ1) is 28.5. The highest BCUT2D eigenvalue weighted by molar-refractivity contribution is 6.07. The second-order valence-corrected chi connectivity index (χ2v) is 10.0. The number of piperazine rings is 1. The summed E-state index contributed by atoms with van der Waals surface area (Å²) < 4.78 is 38.5. The predicted molar refractivity (Wildman–Crippen MR) is 155 cm³/mol. The van der Waals surface area contributed by atoms with E-state index in [-0.39, 0.29) is 5.91 Å². The standard InChI is InChI=1S/C30H34F2N6O3/c1-36-10-12-37(13-11-36)28-25(5-4-6-26(28)33-9-14-40-2)30(39)35-38-27-8-7-20(15-22(27)19-34-38)29(41-3)21-16-23(31)18-24(32)17-21/h4-8,15-19,29,33H,9-14H2,1-3H3,(H,35,39). The zero-order chi connectivity index (χ0) is 28.9. The van der Waals surface area contributed by atoms with Crippen LogP contribution in [0.5, 0.6) is 0 Å². The lowest BCUT2D eigenvalue weighted by Gasteiger charge is -2.36. The molecule has 2 heterocycles. The van der Waals surface area contributed by atoms with Crippen LogP contribution in [0.2, 0.25) is 0 Å². The minimum absolute atomic E-state index is 0.298. The van der Waals surface area contributed by atoms with Crippen LogP contribution in [0.4, 0.5) is 20.2 Å². The third-order valence-corrected chi connectivity index (χ3v) is 7.25. The highest BCUT2D eigenvalue weighted by Crippen LogP contribution is 2.32. The van der Waals surface area contributed by atoms with Crippen LogP contribution in [-0.2, 0) is 9.47 Å². The molecule has 1 unspecified atom stereocenters. The second kappa shape index (κ2) is 12.6. The van der Waals surface area contributed by atoms with Crippen LogP contribution in [0, 0.1) is 11.6 Å². The van der Waals surface area contributed by atoms with Crippen molar-refractivity contribution in [2.75, 3.05) is 76.2 Å². The van der Waals surface area contributed by atoms with Gasteiger partial charge in [0.05, 0.1) is 35.3 Å². The molecule has 3 aromatic carbocycles. The number of likely N-dealkylation sites (N-methyl/N-ethyl adjacent to an activating group) is 1. The molecule has 9 nitrogen and oxygen atoms in total. The minimum Gasteiger partial charge on any atom is -0.383 e. The van der Waals surface area contributed by atoms with Crippen molar-refractivity contribution in [1.82, 2.24) is 14.8 Å². The minimum atomic E-state index is -0.679. The first-order chi connectivity index (χ1) is 19.9. The van der Waals surface area contributed by atoms with E-state index >= 15 is 0 Å². The predicted octanol–water partition coefficient (Wildman–Crippen LogP) is 4.24. The number of fused-ring (bicyclic) bond motifs is 1. The molecule has 1 saturated heterocycles. The molecule has 1 amide bonds. The number of nitrogens with zero attached hydrogens (tertiary/aromatic N) is 4. The van der Waals surface area contributed by atoms with E-state index in [0.717, 1.165) is 49.0 Å². The Bertz CT molecular complexity index is 1500. The van der Waals surface area contributed by atoms with Gasteiger partial charge < -0.3 is 24.6 Å². The maximum Gasteiger partial charge on any atom is 0.273 e. The van der Waals surface area contributed by atoms with Crippen molar-refractivity contribution in [3.8, 4) is 0 Å². The number of amides is 1. The van der Waals surface area contributed by atoms with Crippen molar-refractivity contribution in [2.24, 2.45) is 0 Å². The Kier molecular flexibility index (Phi) is 8.77. The average Bonchev–Trinajstić information content (AvgIpc) is 3.35. The van der Waals surface area contributed by atoms with E-state index < -0.39 is 17.7 Å². The molecule has 2 N–H and O–H groups in total. The lowest BCUT2D eigenvalue weighted by Crippen LogP contribution is -2.45. The van der Waals surface area contributed by atoms with E-state index in [1.165, 1.54) is 24.0 Å². The van der Waals surface area contributed by atoms with Crippen LogP contribution in [0.1, 0.15) is 27.6 Å². The number of nitrogens with one attached hydrogen (secondary N) is 2. The molecule has 1 aromatic heterocycles. The largest absolute Gasteiger partial charge is 0.383 e. The van der Waals surface area contributed by atoms with Crippen molar-refractivity contribution in [3.05, 3.63) is 89.1 Å². The fourth-order valence-corrected chi connectivity index (χ4v) is 5.18. The van der Waals surface area contributed by atoms with Gasteiger partial charge in [0.15, 0.2) is 0 Å². The van der Waals surface area contributed by atoms with Gasteiger partial charge in [-0.25, -0.2) is 14.2 Å². The molecule has 5 rings (SSSR count). The number of methoxy groups -OCH3 is 2. The Morgan fingerprint density at radius 2 is 1.76 bits per heavy atom. The fourth-order valence-electron chi connectivity index (χ4n) is 5.18. The second-order valence-electron chi connectivity index (χ2n) is 10.0. The van der Waals surface area contributed by atoms with Crippen molar-refractivity contribution >= 4 is 28.2 Å². The van der Waals surface area contributed by atoms with E-state index in [9.17, 15) is 13.6 Å². The zero-order valence-corrected chi connectivity index (χ0v) is 23.4. The van der Waals surface area contributed by atoms with Crippen molar-refractivity contribution in [3.63, 3.8) is 0 Å². The van der Waals surface area contributed by atoms with Crippen molar-refractivity contribution in [2.45, 2.75) is 6.10 Å².